The lowest BCUT2D eigenvalue weighted by molar-refractivity contribution is -0.157. The Morgan fingerprint density at radius 3 is 2.14 bits per heavy atom. The van der Waals surface area contributed by atoms with Gasteiger partial charge in [0.1, 0.15) is 0 Å². The Balaban J connectivity index is 3.37. The zero-order valence-electron chi connectivity index (χ0n) is 13.4. The van der Waals surface area contributed by atoms with E-state index in [0.717, 1.165) is 5.56 Å². The Bertz CT molecular complexity index is 519. The first-order valence-corrected chi connectivity index (χ1v) is 9.37. The van der Waals surface area contributed by atoms with Gasteiger partial charge in [-0.05, 0) is 25.3 Å². The highest BCUT2D eigenvalue weighted by Crippen LogP contribution is 2.50. The molecule has 0 bridgehead atoms. The van der Waals surface area contributed by atoms with Crippen molar-refractivity contribution < 1.29 is 23.9 Å². The van der Waals surface area contributed by atoms with Crippen LogP contribution in [0, 0.1) is 5.41 Å². The second-order valence-corrected chi connectivity index (χ2v) is 7.09. The molecule has 1 unspecified atom stereocenters. The van der Waals surface area contributed by atoms with Crippen molar-refractivity contribution in [1.82, 2.24) is 0 Å². The normalized spacial score (nSPS) is 13.7. The zero-order chi connectivity index (χ0) is 16.8. The maximum absolute atomic E-state index is 12.6. The molecule has 0 aliphatic heterocycles. The van der Waals surface area contributed by atoms with Gasteiger partial charge in [-0.25, -0.2) is 0 Å². The van der Waals surface area contributed by atoms with Crippen molar-refractivity contribution in [3.63, 3.8) is 0 Å². The molecule has 6 heteroatoms. The number of hydrogen-bond acceptors (Lipinski definition) is 3. The van der Waals surface area contributed by atoms with E-state index in [1.807, 2.05) is 32.0 Å². The van der Waals surface area contributed by atoms with E-state index in [1.165, 1.54) is 0 Å². The topological polar surface area (TPSA) is 83.8 Å². The highest BCUT2D eigenvalue weighted by atomic mass is 31.2. The third kappa shape index (κ3) is 4.42. The summed E-state index contributed by atoms with van der Waals surface area (Å²) in [4.78, 5) is 31.5. The lowest BCUT2D eigenvalue weighted by Gasteiger charge is -2.37. The zero-order valence-corrected chi connectivity index (χ0v) is 14.3. The molecule has 0 saturated heterocycles. The Hall–Kier alpha value is -1.16. The standard InChI is InChI=1S/C16H25O5P/c1-4-16(5-2,15(17)21-6-3)14(12-22(18,19)20)13-10-8-7-9-11-13/h7-11,14H,4-6,12H2,1-3H3,(H2,18,19,20). The number of carbonyl (C=O) groups excluding carboxylic acids is 1. The highest BCUT2D eigenvalue weighted by Gasteiger charge is 2.47. The summed E-state index contributed by atoms with van der Waals surface area (Å²) in [6.45, 7) is 5.69. The first-order valence-electron chi connectivity index (χ1n) is 7.57. The van der Waals surface area contributed by atoms with Gasteiger partial charge in [-0.1, -0.05) is 44.2 Å². The van der Waals surface area contributed by atoms with E-state index in [2.05, 4.69) is 0 Å². The first kappa shape index (κ1) is 18.9. The quantitative estimate of drug-likeness (QED) is 0.565. The van der Waals surface area contributed by atoms with E-state index in [0.29, 0.717) is 12.8 Å². The molecule has 2 N–H and O–H groups in total. The van der Waals surface area contributed by atoms with Gasteiger partial charge in [0.05, 0.1) is 18.2 Å². The van der Waals surface area contributed by atoms with Crippen LogP contribution in [0.3, 0.4) is 0 Å². The molecule has 0 aromatic heterocycles. The van der Waals surface area contributed by atoms with E-state index < -0.39 is 18.9 Å². The predicted octanol–water partition coefficient (Wildman–Crippen LogP) is 3.32. The Labute approximate surface area is 131 Å². The molecule has 0 radical (unpaired) electrons. The molecule has 0 aliphatic carbocycles. The molecular weight excluding hydrogens is 303 g/mol. The van der Waals surface area contributed by atoms with Crippen LogP contribution in [0.1, 0.15) is 45.1 Å². The van der Waals surface area contributed by atoms with Gasteiger partial charge in [0.25, 0.3) is 0 Å². The minimum Gasteiger partial charge on any atom is -0.466 e. The molecule has 0 spiro atoms. The molecule has 1 aromatic carbocycles. The summed E-state index contributed by atoms with van der Waals surface area (Å²) in [5.74, 6) is -0.967. The number of esters is 1. The smallest absolute Gasteiger partial charge is 0.326 e. The fraction of sp³-hybridized carbons (Fsp3) is 0.562. The van der Waals surface area contributed by atoms with Crippen LogP contribution in [-0.2, 0) is 14.1 Å². The molecule has 124 valence electrons. The minimum atomic E-state index is -4.28. The fourth-order valence-electron chi connectivity index (χ4n) is 2.97. The molecule has 0 fully saturated rings. The highest BCUT2D eigenvalue weighted by molar-refractivity contribution is 7.51. The van der Waals surface area contributed by atoms with Gasteiger partial charge < -0.3 is 14.5 Å². The molecule has 0 aliphatic rings. The van der Waals surface area contributed by atoms with Gasteiger partial charge in [0, 0.05) is 5.92 Å². The predicted molar refractivity (Wildman–Crippen MR) is 85.7 cm³/mol. The first-order chi connectivity index (χ1) is 10.3. The lowest BCUT2D eigenvalue weighted by Crippen LogP contribution is -2.39. The number of benzene rings is 1. The Morgan fingerprint density at radius 2 is 1.73 bits per heavy atom. The van der Waals surface area contributed by atoms with Gasteiger partial charge >= 0.3 is 13.6 Å². The van der Waals surface area contributed by atoms with Crippen molar-refractivity contribution in [2.75, 3.05) is 12.8 Å². The van der Waals surface area contributed by atoms with Crippen molar-refractivity contribution >= 4 is 13.6 Å². The molecule has 0 saturated carbocycles. The van der Waals surface area contributed by atoms with Crippen molar-refractivity contribution in [3.8, 4) is 0 Å². The second kappa shape index (κ2) is 7.91. The van der Waals surface area contributed by atoms with E-state index in [9.17, 15) is 19.1 Å². The minimum absolute atomic E-state index is 0.248. The van der Waals surface area contributed by atoms with Crippen LogP contribution >= 0.6 is 7.60 Å². The molecular formula is C16H25O5P. The fourth-order valence-corrected chi connectivity index (χ4v) is 4.01. The maximum atomic E-state index is 12.6. The number of hydrogen-bond donors (Lipinski definition) is 2. The van der Waals surface area contributed by atoms with Gasteiger partial charge in [0.15, 0.2) is 0 Å². The van der Waals surface area contributed by atoms with Gasteiger partial charge in [0.2, 0.25) is 0 Å². The van der Waals surface area contributed by atoms with E-state index in [4.69, 9.17) is 4.74 Å². The van der Waals surface area contributed by atoms with Crippen LogP contribution in [0.4, 0.5) is 0 Å². The van der Waals surface area contributed by atoms with Crippen molar-refractivity contribution in [2.24, 2.45) is 5.41 Å². The SMILES string of the molecule is CCOC(=O)C(CC)(CC)C(CP(=O)(O)O)c1ccccc1. The molecule has 1 aromatic rings. The van der Waals surface area contributed by atoms with Gasteiger partial charge in [-0.3, -0.25) is 9.36 Å². The summed E-state index contributed by atoms with van der Waals surface area (Å²) >= 11 is 0. The summed E-state index contributed by atoms with van der Waals surface area (Å²) < 4.78 is 16.8. The molecule has 5 nitrogen and oxygen atoms in total. The lowest BCUT2D eigenvalue weighted by atomic mass is 9.69. The molecule has 1 rings (SSSR count). The average molecular weight is 328 g/mol. The summed E-state index contributed by atoms with van der Waals surface area (Å²) in [7, 11) is -4.28. The maximum Gasteiger partial charge on any atom is 0.326 e. The van der Waals surface area contributed by atoms with Crippen LogP contribution < -0.4 is 0 Å². The van der Waals surface area contributed by atoms with Crippen molar-refractivity contribution in [1.29, 1.82) is 0 Å². The Kier molecular flexibility index (Phi) is 6.79. The number of rotatable bonds is 8. The number of carbonyl (C=O) groups is 1. The third-order valence-corrected chi connectivity index (χ3v) is 5.07. The molecule has 0 amide bonds. The molecule has 22 heavy (non-hydrogen) atoms. The summed E-state index contributed by atoms with van der Waals surface area (Å²) in [5, 5.41) is 0. The second-order valence-electron chi connectivity index (χ2n) is 5.39. The van der Waals surface area contributed by atoms with Gasteiger partial charge in [-0.15, -0.1) is 0 Å². The third-order valence-electron chi connectivity index (χ3n) is 4.23. The van der Waals surface area contributed by atoms with Crippen LogP contribution in [0.5, 0.6) is 0 Å². The van der Waals surface area contributed by atoms with Crippen LogP contribution in [0.2, 0.25) is 0 Å². The van der Waals surface area contributed by atoms with Crippen molar-refractivity contribution in [2.45, 2.75) is 39.5 Å². The molecule has 1 atom stereocenters. The average Bonchev–Trinajstić information content (AvgIpc) is 2.48. The van der Waals surface area contributed by atoms with E-state index in [1.54, 1.807) is 19.1 Å². The van der Waals surface area contributed by atoms with E-state index in [-0.39, 0.29) is 18.7 Å². The largest absolute Gasteiger partial charge is 0.466 e. The molecule has 0 heterocycles. The number of ether oxygens (including phenoxy) is 1. The van der Waals surface area contributed by atoms with Gasteiger partial charge in [-0.2, -0.15) is 0 Å². The van der Waals surface area contributed by atoms with Crippen molar-refractivity contribution in [3.05, 3.63) is 35.9 Å². The summed E-state index contributed by atoms with van der Waals surface area (Å²) in [5.41, 5.74) is -0.180. The van der Waals surface area contributed by atoms with Crippen LogP contribution in [-0.4, -0.2) is 28.5 Å². The summed E-state index contributed by atoms with van der Waals surface area (Å²) in [6, 6.07) is 9.06. The van der Waals surface area contributed by atoms with Crippen LogP contribution in [0.15, 0.2) is 30.3 Å². The summed E-state index contributed by atoms with van der Waals surface area (Å²) in [6.07, 6.45) is 0.557. The monoisotopic (exact) mass is 328 g/mol. The van der Waals surface area contributed by atoms with Crippen LogP contribution in [0.25, 0.3) is 0 Å². The van der Waals surface area contributed by atoms with E-state index >= 15 is 0 Å². The Morgan fingerprint density at radius 1 is 1.18 bits per heavy atom.